The fourth-order valence-electron chi connectivity index (χ4n) is 2.36. The Bertz CT molecular complexity index is 738. The first-order valence-corrected chi connectivity index (χ1v) is 6.63. The zero-order valence-corrected chi connectivity index (χ0v) is 10.8. The van der Waals surface area contributed by atoms with Gasteiger partial charge in [-0.25, -0.2) is 4.68 Å². The molecular formula is C14H14N6. The predicted molar refractivity (Wildman–Crippen MR) is 75.3 cm³/mol. The molecule has 100 valence electrons. The van der Waals surface area contributed by atoms with E-state index in [1.165, 1.54) is 12.8 Å². The second-order valence-electron chi connectivity index (χ2n) is 4.98. The first-order valence-electron chi connectivity index (χ1n) is 6.63. The number of aromatic nitrogens is 5. The first kappa shape index (κ1) is 11.2. The second kappa shape index (κ2) is 4.19. The highest BCUT2D eigenvalue weighted by atomic mass is 15.3. The van der Waals surface area contributed by atoms with Crippen LogP contribution in [0.1, 0.15) is 18.9 Å². The summed E-state index contributed by atoms with van der Waals surface area (Å²) in [4.78, 5) is 0. The minimum absolute atomic E-state index is 0.513. The van der Waals surface area contributed by atoms with Crippen LogP contribution in [0.3, 0.4) is 0 Å². The summed E-state index contributed by atoms with van der Waals surface area (Å²) in [5.74, 6) is 1.39. The summed E-state index contributed by atoms with van der Waals surface area (Å²) >= 11 is 0. The summed E-state index contributed by atoms with van der Waals surface area (Å²) in [6.45, 7) is 0. The van der Waals surface area contributed by atoms with Crippen LogP contribution in [0.2, 0.25) is 0 Å². The molecule has 2 N–H and O–H groups in total. The Balaban J connectivity index is 1.80. The van der Waals surface area contributed by atoms with Crippen molar-refractivity contribution in [2.75, 3.05) is 5.73 Å². The van der Waals surface area contributed by atoms with Gasteiger partial charge in [0, 0.05) is 6.04 Å². The van der Waals surface area contributed by atoms with Crippen LogP contribution < -0.4 is 5.73 Å². The van der Waals surface area contributed by atoms with E-state index in [0.29, 0.717) is 11.9 Å². The molecule has 1 fully saturated rings. The Morgan fingerprint density at radius 2 is 1.95 bits per heavy atom. The molecule has 0 spiro atoms. The Hall–Kier alpha value is -2.63. The van der Waals surface area contributed by atoms with Gasteiger partial charge in [-0.1, -0.05) is 18.2 Å². The molecule has 1 aliphatic carbocycles. The van der Waals surface area contributed by atoms with E-state index >= 15 is 0 Å². The smallest absolute Gasteiger partial charge is 0.169 e. The molecule has 1 saturated carbocycles. The SMILES string of the molecule is Nc1c(-c2nncn2C2CC2)cnn1-c1ccccc1. The predicted octanol–water partition coefficient (Wildman–Crippen LogP) is 2.05. The van der Waals surface area contributed by atoms with Crippen LogP contribution in [-0.4, -0.2) is 24.5 Å². The third kappa shape index (κ3) is 1.69. The van der Waals surface area contributed by atoms with E-state index < -0.39 is 0 Å². The maximum Gasteiger partial charge on any atom is 0.169 e. The van der Waals surface area contributed by atoms with Crippen LogP contribution in [-0.2, 0) is 0 Å². The molecule has 4 rings (SSSR count). The molecule has 0 unspecified atom stereocenters. The molecule has 2 heterocycles. The summed E-state index contributed by atoms with van der Waals surface area (Å²) < 4.78 is 3.81. The average Bonchev–Trinajstić information content (AvgIpc) is 3.09. The summed E-state index contributed by atoms with van der Waals surface area (Å²) in [6.07, 6.45) is 5.88. The van der Waals surface area contributed by atoms with Crippen molar-refractivity contribution >= 4 is 5.82 Å². The van der Waals surface area contributed by atoms with Crippen LogP contribution in [0.25, 0.3) is 17.1 Å². The summed E-state index contributed by atoms with van der Waals surface area (Å²) in [6, 6.07) is 10.3. The Morgan fingerprint density at radius 1 is 1.15 bits per heavy atom. The highest BCUT2D eigenvalue weighted by Crippen LogP contribution is 2.38. The number of nitrogen functional groups attached to an aromatic ring is 1. The van der Waals surface area contributed by atoms with E-state index in [1.807, 2.05) is 30.3 Å². The van der Waals surface area contributed by atoms with Crippen molar-refractivity contribution in [3.8, 4) is 17.1 Å². The molecule has 20 heavy (non-hydrogen) atoms. The van der Waals surface area contributed by atoms with Crippen LogP contribution in [0.15, 0.2) is 42.9 Å². The maximum absolute atomic E-state index is 6.24. The fraction of sp³-hybridized carbons (Fsp3) is 0.214. The third-order valence-electron chi connectivity index (χ3n) is 3.56. The first-order chi connectivity index (χ1) is 9.84. The number of hydrogen-bond acceptors (Lipinski definition) is 4. The van der Waals surface area contributed by atoms with Gasteiger partial charge >= 0.3 is 0 Å². The summed E-state index contributed by atoms with van der Waals surface area (Å²) in [7, 11) is 0. The Labute approximate surface area is 115 Å². The summed E-state index contributed by atoms with van der Waals surface area (Å²) in [5.41, 5.74) is 8.01. The van der Waals surface area contributed by atoms with Gasteiger partial charge in [0.1, 0.15) is 12.1 Å². The van der Waals surface area contributed by atoms with Gasteiger partial charge in [0.05, 0.1) is 17.4 Å². The van der Waals surface area contributed by atoms with Crippen molar-refractivity contribution < 1.29 is 0 Å². The maximum atomic E-state index is 6.24. The lowest BCUT2D eigenvalue weighted by atomic mass is 10.3. The van der Waals surface area contributed by atoms with Crippen molar-refractivity contribution in [3.05, 3.63) is 42.9 Å². The molecule has 0 atom stereocenters. The van der Waals surface area contributed by atoms with Gasteiger partial charge in [-0.2, -0.15) is 5.10 Å². The highest BCUT2D eigenvalue weighted by Gasteiger charge is 2.28. The third-order valence-corrected chi connectivity index (χ3v) is 3.56. The molecule has 0 saturated heterocycles. The van der Waals surface area contributed by atoms with Crippen LogP contribution in [0, 0.1) is 0 Å². The highest BCUT2D eigenvalue weighted by molar-refractivity contribution is 5.69. The molecule has 6 heteroatoms. The van der Waals surface area contributed by atoms with Crippen molar-refractivity contribution in [1.82, 2.24) is 24.5 Å². The molecule has 2 aromatic heterocycles. The van der Waals surface area contributed by atoms with Gasteiger partial charge in [-0.05, 0) is 25.0 Å². The molecule has 0 radical (unpaired) electrons. The van der Waals surface area contributed by atoms with E-state index in [-0.39, 0.29) is 0 Å². The number of benzene rings is 1. The van der Waals surface area contributed by atoms with Crippen LogP contribution in [0.4, 0.5) is 5.82 Å². The Kier molecular flexibility index (Phi) is 2.35. The summed E-state index contributed by atoms with van der Waals surface area (Å²) in [5, 5.41) is 12.6. The largest absolute Gasteiger partial charge is 0.383 e. The number of para-hydroxylation sites is 1. The van der Waals surface area contributed by atoms with Crippen molar-refractivity contribution in [3.63, 3.8) is 0 Å². The molecular weight excluding hydrogens is 252 g/mol. The normalized spacial score (nSPS) is 14.6. The number of hydrogen-bond donors (Lipinski definition) is 1. The van der Waals surface area contributed by atoms with Crippen molar-refractivity contribution in [1.29, 1.82) is 0 Å². The van der Waals surface area contributed by atoms with E-state index in [0.717, 1.165) is 17.1 Å². The lowest BCUT2D eigenvalue weighted by Crippen LogP contribution is -2.03. The lowest BCUT2D eigenvalue weighted by molar-refractivity contribution is 0.746. The molecule has 1 aliphatic rings. The average molecular weight is 266 g/mol. The number of nitrogens with zero attached hydrogens (tertiary/aromatic N) is 5. The van der Waals surface area contributed by atoms with E-state index in [4.69, 9.17) is 5.73 Å². The number of anilines is 1. The topological polar surface area (TPSA) is 74.6 Å². The minimum Gasteiger partial charge on any atom is -0.383 e. The number of nitrogens with two attached hydrogens (primary N) is 1. The van der Waals surface area contributed by atoms with Gasteiger partial charge in [-0.3, -0.25) is 0 Å². The van der Waals surface area contributed by atoms with E-state index in [9.17, 15) is 0 Å². The molecule has 0 aliphatic heterocycles. The second-order valence-corrected chi connectivity index (χ2v) is 4.98. The lowest BCUT2D eigenvalue weighted by Gasteiger charge is -2.06. The fourth-order valence-corrected chi connectivity index (χ4v) is 2.36. The van der Waals surface area contributed by atoms with Gasteiger partial charge in [0.15, 0.2) is 5.82 Å². The van der Waals surface area contributed by atoms with Gasteiger partial charge < -0.3 is 10.3 Å². The molecule has 0 bridgehead atoms. The molecule has 6 nitrogen and oxygen atoms in total. The quantitative estimate of drug-likeness (QED) is 0.787. The minimum atomic E-state index is 0.513. The molecule has 1 aromatic carbocycles. The van der Waals surface area contributed by atoms with E-state index in [1.54, 1.807) is 17.2 Å². The van der Waals surface area contributed by atoms with Crippen LogP contribution >= 0.6 is 0 Å². The zero-order chi connectivity index (χ0) is 13.5. The standard InChI is InChI=1S/C14H14N6/c15-13-12(14-18-16-9-19(14)10-6-7-10)8-17-20(13)11-4-2-1-3-5-11/h1-5,8-10H,6-7,15H2. The van der Waals surface area contributed by atoms with Crippen molar-refractivity contribution in [2.45, 2.75) is 18.9 Å². The van der Waals surface area contributed by atoms with Gasteiger partial charge in [-0.15, -0.1) is 10.2 Å². The monoisotopic (exact) mass is 266 g/mol. The molecule has 3 aromatic rings. The van der Waals surface area contributed by atoms with E-state index in [2.05, 4.69) is 19.9 Å². The van der Waals surface area contributed by atoms with Crippen LogP contribution in [0.5, 0.6) is 0 Å². The zero-order valence-electron chi connectivity index (χ0n) is 10.8. The van der Waals surface area contributed by atoms with Gasteiger partial charge in [0.2, 0.25) is 0 Å². The molecule has 0 amide bonds. The number of rotatable bonds is 3. The Morgan fingerprint density at radius 3 is 2.70 bits per heavy atom. The van der Waals surface area contributed by atoms with Crippen molar-refractivity contribution in [2.24, 2.45) is 0 Å². The van der Waals surface area contributed by atoms with Gasteiger partial charge in [0.25, 0.3) is 0 Å².